The number of methoxy groups -OCH3 is 1. The zero-order chi connectivity index (χ0) is 20.8. The van der Waals surface area contributed by atoms with Crippen LogP contribution in [0.3, 0.4) is 0 Å². The van der Waals surface area contributed by atoms with E-state index >= 15 is 0 Å². The molecule has 0 unspecified atom stereocenters. The molecule has 1 atom stereocenters. The van der Waals surface area contributed by atoms with Gasteiger partial charge in [0.2, 0.25) is 0 Å². The third kappa shape index (κ3) is 5.08. The summed E-state index contributed by atoms with van der Waals surface area (Å²) in [5.74, 6) is 0.772. The van der Waals surface area contributed by atoms with Gasteiger partial charge in [0.25, 0.3) is 5.91 Å². The van der Waals surface area contributed by atoms with Crippen LogP contribution in [-0.2, 0) is 11.3 Å². The topological polar surface area (TPSA) is 47.2 Å². The molecule has 2 heterocycles. The molecule has 1 aromatic heterocycles. The predicted octanol–water partition coefficient (Wildman–Crippen LogP) is 1.42. The van der Waals surface area contributed by atoms with Crippen LogP contribution in [0.5, 0.6) is 5.75 Å². The lowest BCUT2D eigenvalue weighted by atomic mass is 10.0. The summed E-state index contributed by atoms with van der Waals surface area (Å²) in [5.41, 5.74) is 1.83. The van der Waals surface area contributed by atoms with E-state index < -0.39 is 0 Å². The monoisotopic (exact) mass is 423 g/mol. The van der Waals surface area contributed by atoms with E-state index in [1.165, 1.54) is 9.78 Å². The van der Waals surface area contributed by atoms with Gasteiger partial charge in [-0.2, -0.15) is 0 Å². The number of rotatable bonds is 7. The Morgan fingerprint density at radius 1 is 1.03 bits per heavy atom. The number of hydrogen-bond acceptors (Lipinski definition) is 3. The number of quaternary nitrogens is 2. The van der Waals surface area contributed by atoms with E-state index in [0.717, 1.165) is 49.7 Å². The van der Waals surface area contributed by atoms with Crippen molar-refractivity contribution < 1.29 is 19.3 Å². The fourth-order valence-corrected chi connectivity index (χ4v) is 4.96. The van der Waals surface area contributed by atoms with Crippen molar-refractivity contribution in [2.24, 2.45) is 0 Å². The first kappa shape index (κ1) is 20.6. The SMILES string of the molecule is COc1cccc(NC(=O)[C@@H](c2ccccc2)[NH+]2CC[NH+](Cc3cccs3)CC2)c1. The van der Waals surface area contributed by atoms with E-state index in [9.17, 15) is 4.79 Å². The quantitative estimate of drug-likeness (QED) is 0.538. The second-order valence-corrected chi connectivity index (χ2v) is 8.76. The van der Waals surface area contributed by atoms with E-state index in [1.54, 1.807) is 12.0 Å². The lowest BCUT2D eigenvalue weighted by Crippen LogP contribution is -3.28. The highest BCUT2D eigenvalue weighted by atomic mass is 32.1. The van der Waals surface area contributed by atoms with Crippen LogP contribution < -0.4 is 19.9 Å². The molecule has 0 radical (unpaired) electrons. The molecule has 1 saturated heterocycles. The van der Waals surface area contributed by atoms with Gasteiger partial charge in [-0.1, -0.05) is 42.5 Å². The standard InChI is InChI=1S/C24H27N3O2S/c1-29-21-10-5-9-20(17-21)25-24(28)23(19-7-3-2-4-8-19)27-14-12-26(13-15-27)18-22-11-6-16-30-22/h2-11,16-17,23H,12-15,18H2,1H3,(H,25,28)/p+2/t23-/m1/s1. The Kier molecular flexibility index (Phi) is 6.79. The Labute approximate surface area is 181 Å². The van der Waals surface area contributed by atoms with Crippen LogP contribution in [0.2, 0.25) is 0 Å². The lowest BCUT2D eigenvalue weighted by Gasteiger charge is -2.34. The first-order valence-corrected chi connectivity index (χ1v) is 11.3. The first-order chi connectivity index (χ1) is 14.7. The Morgan fingerprint density at radius 2 is 1.83 bits per heavy atom. The Balaban J connectivity index is 1.47. The van der Waals surface area contributed by atoms with Crippen molar-refractivity contribution in [3.63, 3.8) is 0 Å². The number of benzene rings is 2. The van der Waals surface area contributed by atoms with Crippen LogP contribution in [-0.4, -0.2) is 39.2 Å². The van der Waals surface area contributed by atoms with Gasteiger partial charge in [-0.15, -0.1) is 11.3 Å². The largest absolute Gasteiger partial charge is 0.497 e. The smallest absolute Gasteiger partial charge is 0.287 e. The summed E-state index contributed by atoms with van der Waals surface area (Å²) in [5, 5.41) is 5.26. The van der Waals surface area contributed by atoms with Crippen LogP contribution in [0.4, 0.5) is 5.69 Å². The number of hydrogen-bond donors (Lipinski definition) is 3. The fourth-order valence-electron chi connectivity index (χ4n) is 4.18. The average molecular weight is 424 g/mol. The molecule has 0 saturated carbocycles. The number of carbonyl (C=O) groups excluding carboxylic acids is 1. The van der Waals surface area contributed by atoms with Gasteiger partial charge in [0.15, 0.2) is 6.04 Å². The van der Waals surface area contributed by atoms with E-state index in [-0.39, 0.29) is 11.9 Å². The summed E-state index contributed by atoms with van der Waals surface area (Å²) in [7, 11) is 1.63. The number of carbonyl (C=O) groups is 1. The summed E-state index contributed by atoms with van der Waals surface area (Å²) in [4.78, 5) is 17.7. The molecule has 0 bridgehead atoms. The van der Waals surface area contributed by atoms with Crippen molar-refractivity contribution >= 4 is 22.9 Å². The zero-order valence-electron chi connectivity index (χ0n) is 17.3. The maximum Gasteiger partial charge on any atom is 0.287 e. The zero-order valence-corrected chi connectivity index (χ0v) is 18.1. The summed E-state index contributed by atoms with van der Waals surface area (Å²) >= 11 is 1.83. The molecule has 1 amide bonds. The van der Waals surface area contributed by atoms with Crippen molar-refractivity contribution in [2.45, 2.75) is 12.6 Å². The Hall–Kier alpha value is -2.67. The van der Waals surface area contributed by atoms with Crippen LogP contribution in [0.25, 0.3) is 0 Å². The van der Waals surface area contributed by atoms with Crippen LogP contribution >= 0.6 is 11.3 Å². The molecule has 30 heavy (non-hydrogen) atoms. The van der Waals surface area contributed by atoms with Gasteiger partial charge in [0.05, 0.1) is 12.0 Å². The van der Waals surface area contributed by atoms with E-state index in [2.05, 4.69) is 35.0 Å². The molecule has 2 aromatic carbocycles. The molecular formula is C24H29N3O2S+2. The second kappa shape index (κ2) is 9.89. The minimum absolute atomic E-state index is 0.0335. The molecule has 1 aliphatic rings. The molecule has 3 aromatic rings. The number of amides is 1. The van der Waals surface area contributed by atoms with E-state index in [4.69, 9.17) is 4.74 Å². The summed E-state index contributed by atoms with van der Waals surface area (Å²) < 4.78 is 5.29. The molecule has 4 rings (SSSR count). The molecule has 5 nitrogen and oxygen atoms in total. The number of nitrogens with one attached hydrogen (secondary N) is 3. The van der Waals surface area contributed by atoms with Crippen LogP contribution in [0, 0.1) is 0 Å². The van der Waals surface area contributed by atoms with Gasteiger partial charge in [0.1, 0.15) is 38.5 Å². The predicted molar refractivity (Wildman–Crippen MR) is 120 cm³/mol. The minimum atomic E-state index is -0.222. The first-order valence-electron chi connectivity index (χ1n) is 10.4. The van der Waals surface area contributed by atoms with Gasteiger partial charge in [0, 0.05) is 17.3 Å². The molecule has 1 aliphatic heterocycles. The Bertz CT molecular complexity index is 938. The average Bonchev–Trinajstić information content (AvgIpc) is 3.29. The number of ether oxygens (including phenoxy) is 1. The lowest BCUT2D eigenvalue weighted by molar-refractivity contribution is -1.03. The minimum Gasteiger partial charge on any atom is -0.497 e. The highest BCUT2D eigenvalue weighted by Crippen LogP contribution is 2.19. The molecule has 1 fully saturated rings. The molecule has 0 spiro atoms. The number of thiophene rings is 1. The van der Waals surface area contributed by atoms with Crippen molar-refractivity contribution in [1.29, 1.82) is 0 Å². The number of anilines is 1. The van der Waals surface area contributed by atoms with Crippen molar-refractivity contribution in [1.82, 2.24) is 0 Å². The maximum absolute atomic E-state index is 13.4. The highest BCUT2D eigenvalue weighted by molar-refractivity contribution is 7.09. The second-order valence-electron chi connectivity index (χ2n) is 7.73. The summed E-state index contributed by atoms with van der Waals surface area (Å²) in [6, 6.07) is 21.8. The van der Waals surface area contributed by atoms with Gasteiger partial charge < -0.3 is 19.9 Å². The molecular weight excluding hydrogens is 394 g/mol. The summed E-state index contributed by atoms with van der Waals surface area (Å²) in [6.07, 6.45) is 0. The van der Waals surface area contributed by atoms with Crippen molar-refractivity contribution in [3.05, 3.63) is 82.6 Å². The Morgan fingerprint density at radius 3 is 2.53 bits per heavy atom. The molecule has 0 aliphatic carbocycles. The van der Waals surface area contributed by atoms with E-state index in [1.807, 2.05) is 53.8 Å². The summed E-state index contributed by atoms with van der Waals surface area (Å²) in [6.45, 7) is 5.18. The van der Waals surface area contributed by atoms with Crippen molar-refractivity contribution in [3.8, 4) is 5.75 Å². The van der Waals surface area contributed by atoms with E-state index in [0.29, 0.717) is 0 Å². The van der Waals surface area contributed by atoms with Gasteiger partial charge in [-0.05, 0) is 23.6 Å². The van der Waals surface area contributed by atoms with Gasteiger partial charge in [-0.25, -0.2) is 0 Å². The third-order valence-corrected chi connectivity index (χ3v) is 6.62. The van der Waals surface area contributed by atoms with Crippen molar-refractivity contribution in [2.75, 3.05) is 38.6 Å². The number of piperazine rings is 1. The maximum atomic E-state index is 13.4. The van der Waals surface area contributed by atoms with Gasteiger partial charge >= 0.3 is 0 Å². The third-order valence-electron chi connectivity index (χ3n) is 5.74. The normalized spacial score (nSPS) is 19.8. The highest BCUT2D eigenvalue weighted by Gasteiger charge is 2.35. The molecule has 6 heteroatoms. The van der Waals surface area contributed by atoms with Gasteiger partial charge in [-0.3, -0.25) is 4.79 Å². The molecule has 156 valence electrons. The van der Waals surface area contributed by atoms with Crippen LogP contribution in [0.15, 0.2) is 72.1 Å². The van der Waals surface area contributed by atoms with Crippen LogP contribution in [0.1, 0.15) is 16.5 Å². The fraction of sp³-hybridized carbons (Fsp3) is 0.292. The molecule has 3 N–H and O–H groups in total.